The second kappa shape index (κ2) is 5.13. The molecule has 0 spiro atoms. The third kappa shape index (κ3) is 3.09. The Morgan fingerprint density at radius 2 is 2.00 bits per heavy atom. The summed E-state index contributed by atoms with van der Waals surface area (Å²) in [5.41, 5.74) is 2.48. The lowest BCUT2D eigenvalue weighted by molar-refractivity contribution is 0.0941. The van der Waals surface area contributed by atoms with Gasteiger partial charge in [0.2, 0.25) is 0 Å². The predicted octanol–water partition coefficient (Wildman–Crippen LogP) is 1.44. The van der Waals surface area contributed by atoms with Gasteiger partial charge in [0.05, 0.1) is 22.9 Å². The summed E-state index contributed by atoms with van der Waals surface area (Å²) in [6.07, 6.45) is 0. The minimum Gasteiger partial charge on any atom is -0.347 e. The number of halogens is 1. The number of carbonyl (C=O) groups excluding carboxylic acids is 1. The van der Waals surface area contributed by atoms with Gasteiger partial charge in [-0.25, -0.2) is 8.42 Å². The number of sulfone groups is 1. The fourth-order valence-corrected chi connectivity index (χ4v) is 4.73. The zero-order valence-corrected chi connectivity index (χ0v) is 12.4. The fourth-order valence-electron chi connectivity index (χ4n) is 2.18. The highest BCUT2D eigenvalue weighted by Crippen LogP contribution is 2.19. The highest BCUT2D eigenvalue weighted by atomic mass is 35.5. The minimum absolute atomic E-state index is 0.0771. The minimum atomic E-state index is -3.14. The van der Waals surface area contributed by atoms with E-state index in [4.69, 9.17) is 11.6 Å². The largest absolute Gasteiger partial charge is 0.347 e. The number of benzene rings is 1. The Labute approximate surface area is 118 Å². The number of rotatable bonds is 2. The molecule has 2 rings (SSSR count). The number of carbonyl (C=O) groups is 1. The molecule has 2 unspecified atom stereocenters. The van der Waals surface area contributed by atoms with Gasteiger partial charge in [0.15, 0.2) is 9.84 Å². The summed E-state index contributed by atoms with van der Waals surface area (Å²) in [5, 5.41) is 2.16. The number of aryl methyl sites for hydroxylation is 1. The van der Waals surface area contributed by atoms with Crippen LogP contribution >= 0.6 is 11.6 Å². The summed E-state index contributed by atoms with van der Waals surface area (Å²) in [7, 11) is -3.14. The molecule has 1 fully saturated rings. The van der Waals surface area contributed by atoms with Gasteiger partial charge in [-0.2, -0.15) is 0 Å². The summed E-state index contributed by atoms with van der Waals surface area (Å²) < 4.78 is 22.9. The van der Waals surface area contributed by atoms with Crippen molar-refractivity contribution in [3.8, 4) is 0 Å². The van der Waals surface area contributed by atoms with Crippen LogP contribution < -0.4 is 5.32 Å². The first kappa shape index (κ1) is 14.3. The van der Waals surface area contributed by atoms with Crippen LogP contribution in [0.15, 0.2) is 18.2 Å². The summed E-state index contributed by atoms with van der Waals surface area (Å²) >= 11 is 5.97. The molecule has 19 heavy (non-hydrogen) atoms. The van der Waals surface area contributed by atoms with Crippen LogP contribution in [0.2, 0.25) is 0 Å². The molecule has 1 aromatic carbocycles. The predicted molar refractivity (Wildman–Crippen MR) is 75.5 cm³/mol. The highest BCUT2D eigenvalue weighted by molar-refractivity contribution is 7.91. The zero-order valence-electron chi connectivity index (χ0n) is 10.8. The normalized spacial score (nSPS) is 25.2. The van der Waals surface area contributed by atoms with Gasteiger partial charge in [-0.1, -0.05) is 12.1 Å². The maximum atomic E-state index is 12.2. The second-order valence-electron chi connectivity index (χ2n) is 4.92. The Hall–Kier alpha value is -1.07. The maximum Gasteiger partial charge on any atom is 0.251 e. The van der Waals surface area contributed by atoms with E-state index < -0.39 is 21.3 Å². The second-order valence-corrected chi connectivity index (χ2v) is 7.63. The molecule has 0 aromatic heterocycles. The van der Waals surface area contributed by atoms with E-state index in [0.717, 1.165) is 11.1 Å². The first-order valence-electron chi connectivity index (χ1n) is 6.02. The van der Waals surface area contributed by atoms with E-state index in [0.29, 0.717) is 5.56 Å². The maximum absolute atomic E-state index is 12.2. The number of hydrogen-bond donors (Lipinski definition) is 1. The van der Waals surface area contributed by atoms with Gasteiger partial charge in [-0.3, -0.25) is 4.79 Å². The third-order valence-corrected chi connectivity index (χ3v) is 5.82. The van der Waals surface area contributed by atoms with E-state index in [1.807, 2.05) is 19.9 Å². The first-order valence-corrected chi connectivity index (χ1v) is 8.27. The van der Waals surface area contributed by atoms with Crippen LogP contribution in [-0.2, 0) is 9.84 Å². The SMILES string of the molecule is Cc1cccc(C(=O)NC2CS(=O)(=O)CC2Cl)c1C. The molecule has 0 aliphatic carbocycles. The Bertz CT molecular complexity index is 612. The van der Waals surface area contributed by atoms with Crippen molar-refractivity contribution in [1.82, 2.24) is 5.32 Å². The molecule has 0 bridgehead atoms. The van der Waals surface area contributed by atoms with Gasteiger partial charge in [0, 0.05) is 5.56 Å². The quantitative estimate of drug-likeness (QED) is 0.841. The molecule has 0 saturated carbocycles. The molecule has 1 aliphatic rings. The van der Waals surface area contributed by atoms with Crippen molar-refractivity contribution in [2.75, 3.05) is 11.5 Å². The van der Waals surface area contributed by atoms with Gasteiger partial charge < -0.3 is 5.32 Å². The van der Waals surface area contributed by atoms with Crippen molar-refractivity contribution < 1.29 is 13.2 Å². The lowest BCUT2D eigenvalue weighted by Crippen LogP contribution is -2.40. The molecule has 1 N–H and O–H groups in total. The Morgan fingerprint density at radius 1 is 1.32 bits per heavy atom. The number of amides is 1. The van der Waals surface area contributed by atoms with Crippen molar-refractivity contribution in [3.05, 3.63) is 34.9 Å². The first-order chi connectivity index (χ1) is 8.80. The lowest BCUT2D eigenvalue weighted by atomic mass is 10.0. The van der Waals surface area contributed by atoms with E-state index in [1.165, 1.54) is 0 Å². The van der Waals surface area contributed by atoms with Gasteiger partial charge in [-0.05, 0) is 31.0 Å². The number of nitrogens with one attached hydrogen (secondary N) is 1. The molecule has 104 valence electrons. The Kier molecular flexibility index (Phi) is 3.87. The van der Waals surface area contributed by atoms with Crippen LogP contribution in [0.4, 0.5) is 0 Å². The average Bonchev–Trinajstić information content (AvgIpc) is 2.55. The summed E-state index contributed by atoms with van der Waals surface area (Å²) in [6.45, 7) is 3.80. The molecule has 2 atom stereocenters. The highest BCUT2D eigenvalue weighted by Gasteiger charge is 2.37. The average molecular weight is 302 g/mol. The molecule has 6 heteroatoms. The van der Waals surface area contributed by atoms with Crippen LogP contribution in [0, 0.1) is 13.8 Å². The van der Waals surface area contributed by atoms with Crippen LogP contribution in [0.1, 0.15) is 21.5 Å². The van der Waals surface area contributed by atoms with Crippen LogP contribution in [-0.4, -0.2) is 37.2 Å². The molecule has 1 aliphatic heterocycles. The van der Waals surface area contributed by atoms with Crippen molar-refractivity contribution in [1.29, 1.82) is 0 Å². The van der Waals surface area contributed by atoms with Gasteiger partial charge in [-0.15, -0.1) is 11.6 Å². The van der Waals surface area contributed by atoms with Crippen molar-refractivity contribution in [2.45, 2.75) is 25.3 Å². The third-order valence-electron chi connectivity index (χ3n) is 3.45. The van der Waals surface area contributed by atoms with E-state index in [-0.39, 0.29) is 17.4 Å². The molecular formula is C13H16ClNO3S. The van der Waals surface area contributed by atoms with Crippen molar-refractivity contribution >= 4 is 27.3 Å². The molecule has 1 amide bonds. The smallest absolute Gasteiger partial charge is 0.251 e. The lowest BCUT2D eigenvalue weighted by Gasteiger charge is -2.16. The molecule has 4 nitrogen and oxygen atoms in total. The molecule has 0 radical (unpaired) electrons. The topological polar surface area (TPSA) is 63.2 Å². The van der Waals surface area contributed by atoms with E-state index >= 15 is 0 Å². The standard InChI is InChI=1S/C13H16ClNO3S/c1-8-4-3-5-10(9(8)2)13(16)15-12-7-19(17,18)6-11(12)14/h3-5,11-12H,6-7H2,1-2H3,(H,15,16). The summed E-state index contributed by atoms with van der Waals surface area (Å²) in [6, 6.07) is 4.95. The Morgan fingerprint density at radius 3 is 2.58 bits per heavy atom. The number of alkyl halides is 1. The molecule has 1 heterocycles. The molecule has 1 saturated heterocycles. The van der Waals surface area contributed by atoms with Crippen molar-refractivity contribution in [2.24, 2.45) is 0 Å². The monoisotopic (exact) mass is 301 g/mol. The van der Waals surface area contributed by atoms with Crippen LogP contribution in [0.25, 0.3) is 0 Å². The van der Waals surface area contributed by atoms with Crippen LogP contribution in [0.3, 0.4) is 0 Å². The fraction of sp³-hybridized carbons (Fsp3) is 0.462. The van der Waals surface area contributed by atoms with Gasteiger partial charge in [0.1, 0.15) is 0 Å². The van der Waals surface area contributed by atoms with Crippen molar-refractivity contribution in [3.63, 3.8) is 0 Å². The molecular weight excluding hydrogens is 286 g/mol. The van der Waals surface area contributed by atoms with E-state index in [1.54, 1.807) is 12.1 Å². The number of hydrogen-bond acceptors (Lipinski definition) is 3. The summed E-state index contributed by atoms with van der Waals surface area (Å²) in [5.74, 6) is -0.432. The van der Waals surface area contributed by atoms with Gasteiger partial charge >= 0.3 is 0 Å². The Balaban J connectivity index is 2.16. The van der Waals surface area contributed by atoms with Crippen LogP contribution in [0.5, 0.6) is 0 Å². The van der Waals surface area contributed by atoms with E-state index in [9.17, 15) is 13.2 Å². The molecule has 1 aromatic rings. The zero-order chi connectivity index (χ0) is 14.2. The van der Waals surface area contributed by atoms with Gasteiger partial charge in [0.25, 0.3) is 5.91 Å². The van der Waals surface area contributed by atoms with E-state index in [2.05, 4.69) is 5.32 Å². The summed E-state index contributed by atoms with van der Waals surface area (Å²) in [4.78, 5) is 12.2.